The first kappa shape index (κ1) is 17.6. The van der Waals surface area contributed by atoms with Gasteiger partial charge in [-0.3, -0.25) is 19.7 Å². The second kappa shape index (κ2) is 7.35. The van der Waals surface area contributed by atoms with Gasteiger partial charge in [0.15, 0.2) is 0 Å². The maximum Gasteiger partial charge on any atom is 0.269 e. The van der Waals surface area contributed by atoms with Crippen molar-refractivity contribution >= 4 is 23.2 Å². The van der Waals surface area contributed by atoms with Gasteiger partial charge in [0.05, 0.1) is 11.3 Å². The predicted molar refractivity (Wildman–Crippen MR) is 96.9 cm³/mol. The number of fused-ring (bicyclic) bond motifs is 1. The highest BCUT2D eigenvalue weighted by atomic mass is 16.6. The molecule has 26 heavy (non-hydrogen) atoms. The van der Waals surface area contributed by atoms with Gasteiger partial charge in [-0.2, -0.15) is 0 Å². The van der Waals surface area contributed by atoms with Crippen LogP contribution in [0, 0.1) is 10.1 Å². The number of hydrogen-bond acceptors (Lipinski definition) is 4. The van der Waals surface area contributed by atoms with E-state index in [0.29, 0.717) is 12.1 Å². The lowest BCUT2D eigenvalue weighted by atomic mass is 10.1. The summed E-state index contributed by atoms with van der Waals surface area (Å²) < 4.78 is 0. The summed E-state index contributed by atoms with van der Waals surface area (Å²) in [5.41, 5.74) is 2.48. The first-order valence-electron chi connectivity index (χ1n) is 8.37. The number of carbonyl (C=O) groups is 2. The molecule has 0 saturated carbocycles. The molecule has 1 N–H and O–H groups in total. The number of nitrogens with zero attached hydrogens (tertiary/aromatic N) is 2. The van der Waals surface area contributed by atoms with Crippen LogP contribution in [0.15, 0.2) is 48.5 Å². The van der Waals surface area contributed by atoms with Gasteiger partial charge in [0.1, 0.15) is 6.04 Å². The number of para-hydroxylation sites is 1. The molecule has 0 aliphatic carbocycles. The van der Waals surface area contributed by atoms with Gasteiger partial charge in [0, 0.05) is 24.4 Å². The summed E-state index contributed by atoms with van der Waals surface area (Å²) in [4.78, 5) is 36.9. The molecule has 3 rings (SSSR count). The Kier molecular flexibility index (Phi) is 4.97. The molecule has 1 aliphatic heterocycles. The van der Waals surface area contributed by atoms with Crippen molar-refractivity contribution in [2.45, 2.75) is 25.8 Å². The van der Waals surface area contributed by atoms with Gasteiger partial charge in [-0.1, -0.05) is 30.3 Å². The van der Waals surface area contributed by atoms with Gasteiger partial charge in [0.2, 0.25) is 11.8 Å². The average molecular weight is 353 g/mol. The van der Waals surface area contributed by atoms with Crippen molar-refractivity contribution in [1.29, 1.82) is 0 Å². The first-order chi connectivity index (χ1) is 12.5. The molecule has 0 fully saturated rings. The molecule has 1 heterocycles. The van der Waals surface area contributed by atoms with Crippen LogP contribution in [0.25, 0.3) is 0 Å². The van der Waals surface area contributed by atoms with E-state index < -0.39 is 11.0 Å². The van der Waals surface area contributed by atoms with E-state index in [1.807, 2.05) is 24.3 Å². The summed E-state index contributed by atoms with van der Waals surface area (Å²) in [5, 5.41) is 13.5. The summed E-state index contributed by atoms with van der Waals surface area (Å²) in [6.45, 7) is 2.25. The Balaban J connectivity index is 1.62. The number of non-ortho nitro benzene ring substituents is 1. The summed E-state index contributed by atoms with van der Waals surface area (Å²) in [6, 6.07) is 13.0. The highest BCUT2D eigenvalue weighted by molar-refractivity contribution is 6.00. The van der Waals surface area contributed by atoms with E-state index in [-0.39, 0.29) is 23.9 Å². The summed E-state index contributed by atoms with van der Waals surface area (Å²) in [7, 11) is 0. The fraction of sp³-hybridized carbons (Fsp3) is 0.263. The Morgan fingerprint density at radius 3 is 2.77 bits per heavy atom. The van der Waals surface area contributed by atoms with E-state index in [9.17, 15) is 19.7 Å². The maximum absolute atomic E-state index is 12.7. The van der Waals surface area contributed by atoms with Crippen molar-refractivity contribution < 1.29 is 14.5 Å². The third-order valence-corrected chi connectivity index (χ3v) is 4.39. The van der Waals surface area contributed by atoms with E-state index >= 15 is 0 Å². The number of rotatable bonds is 5. The Morgan fingerprint density at radius 1 is 1.23 bits per heavy atom. The maximum atomic E-state index is 12.7. The van der Waals surface area contributed by atoms with Crippen LogP contribution in [0.5, 0.6) is 0 Å². The topological polar surface area (TPSA) is 92.5 Å². The van der Waals surface area contributed by atoms with Gasteiger partial charge in [0.25, 0.3) is 5.69 Å². The molecule has 134 valence electrons. The van der Waals surface area contributed by atoms with Crippen LogP contribution in [-0.4, -0.2) is 29.3 Å². The Labute approximate surface area is 150 Å². The van der Waals surface area contributed by atoms with E-state index in [0.717, 1.165) is 17.7 Å². The number of hydrogen-bond donors (Lipinski definition) is 1. The monoisotopic (exact) mass is 353 g/mol. The normalized spacial score (nSPS) is 13.8. The zero-order chi connectivity index (χ0) is 18.7. The third-order valence-electron chi connectivity index (χ3n) is 4.39. The molecule has 0 saturated heterocycles. The van der Waals surface area contributed by atoms with Crippen LogP contribution in [0.3, 0.4) is 0 Å². The second-order valence-electron chi connectivity index (χ2n) is 6.26. The van der Waals surface area contributed by atoms with E-state index in [2.05, 4.69) is 5.32 Å². The summed E-state index contributed by atoms with van der Waals surface area (Å²) >= 11 is 0. The molecule has 0 unspecified atom stereocenters. The van der Waals surface area contributed by atoms with Crippen LogP contribution >= 0.6 is 0 Å². The van der Waals surface area contributed by atoms with Crippen LogP contribution in [0.1, 0.15) is 18.1 Å². The quantitative estimate of drug-likeness (QED) is 0.659. The van der Waals surface area contributed by atoms with Crippen molar-refractivity contribution in [1.82, 2.24) is 5.32 Å². The van der Waals surface area contributed by atoms with Gasteiger partial charge in [-0.15, -0.1) is 0 Å². The van der Waals surface area contributed by atoms with Crippen molar-refractivity contribution in [2.24, 2.45) is 0 Å². The Morgan fingerprint density at radius 2 is 2.00 bits per heavy atom. The van der Waals surface area contributed by atoms with Crippen molar-refractivity contribution in [3.63, 3.8) is 0 Å². The fourth-order valence-corrected chi connectivity index (χ4v) is 3.12. The van der Waals surface area contributed by atoms with Crippen molar-refractivity contribution in [3.8, 4) is 0 Å². The number of nitro benzene ring substituents is 1. The van der Waals surface area contributed by atoms with Gasteiger partial charge in [-0.05, 0) is 30.5 Å². The van der Waals surface area contributed by atoms with Crippen LogP contribution in [-0.2, 0) is 22.4 Å². The molecule has 7 nitrogen and oxygen atoms in total. The van der Waals surface area contributed by atoms with Crippen LogP contribution < -0.4 is 10.2 Å². The number of benzene rings is 2. The molecule has 1 aliphatic rings. The van der Waals surface area contributed by atoms with Crippen molar-refractivity contribution in [2.75, 3.05) is 11.4 Å². The zero-order valence-corrected chi connectivity index (χ0v) is 14.3. The molecule has 0 bridgehead atoms. The summed E-state index contributed by atoms with van der Waals surface area (Å²) in [5.74, 6) is -0.513. The lowest BCUT2D eigenvalue weighted by Crippen LogP contribution is -2.47. The second-order valence-corrected chi connectivity index (χ2v) is 6.26. The standard InChI is InChI=1S/C19H19N3O4/c1-13(19(24)21-10-9-15-6-2-3-8-17(15)21)20-18(23)12-14-5-4-7-16(11-14)22(25)26/h2-8,11,13H,9-10,12H2,1H3,(H,20,23)/t13-/m0/s1. The molecule has 2 amide bonds. The molecule has 7 heteroatoms. The largest absolute Gasteiger partial charge is 0.344 e. The lowest BCUT2D eigenvalue weighted by molar-refractivity contribution is -0.384. The highest BCUT2D eigenvalue weighted by Gasteiger charge is 2.28. The van der Waals surface area contributed by atoms with Gasteiger partial charge in [-0.25, -0.2) is 0 Å². The van der Waals surface area contributed by atoms with Crippen LogP contribution in [0.2, 0.25) is 0 Å². The molecule has 2 aromatic carbocycles. The minimum atomic E-state index is -0.674. The minimum Gasteiger partial charge on any atom is -0.344 e. The lowest BCUT2D eigenvalue weighted by Gasteiger charge is -2.22. The third kappa shape index (κ3) is 3.72. The average Bonchev–Trinajstić information content (AvgIpc) is 3.05. The smallest absolute Gasteiger partial charge is 0.269 e. The minimum absolute atomic E-state index is 0.0180. The highest BCUT2D eigenvalue weighted by Crippen LogP contribution is 2.27. The molecule has 2 aromatic rings. The van der Waals surface area contributed by atoms with E-state index in [4.69, 9.17) is 0 Å². The number of anilines is 1. The van der Waals surface area contributed by atoms with Crippen molar-refractivity contribution in [3.05, 3.63) is 69.8 Å². The SMILES string of the molecule is C[C@H](NC(=O)Cc1cccc([N+](=O)[O-])c1)C(=O)N1CCc2ccccc21. The number of nitro groups is 1. The number of nitrogens with one attached hydrogen (secondary N) is 1. The van der Waals surface area contributed by atoms with E-state index in [1.165, 1.54) is 18.2 Å². The molecule has 1 atom stereocenters. The first-order valence-corrected chi connectivity index (χ1v) is 8.37. The zero-order valence-electron chi connectivity index (χ0n) is 14.3. The molecular weight excluding hydrogens is 334 g/mol. The molecular formula is C19H19N3O4. The Hall–Kier alpha value is -3.22. The van der Waals surface area contributed by atoms with Gasteiger partial charge >= 0.3 is 0 Å². The van der Waals surface area contributed by atoms with E-state index in [1.54, 1.807) is 17.9 Å². The number of carbonyl (C=O) groups excluding carboxylic acids is 2. The van der Waals surface area contributed by atoms with Crippen LogP contribution in [0.4, 0.5) is 11.4 Å². The molecule has 0 spiro atoms. The van der Waals surface area contributed by atoms with Gasteiger partial charge < -0.3 is 10.2 Å². The molecule has 0 radical (unpaired) electrons. The molecule has 0 aromatic heterocycles. The summed E-state index contributed by atoms with van der Waals surface area (Å²) in [6.07, 6.45) is 0.784. The number of amides is 2. The Bertz CT molecular complexity index is 865. The fourth-order valence-electron chi connectivity index (χ4n) is 3.12. The predicted octanol–water partition coefficient (Wildman–Crippen LogP) is 2.23.